The summed E-state index contributed by atoms with van der Waals surface area (Å²) in [5, 5.41) is 2.45. The number of benzene rings is 1. The highest BCUT2D eigenvalue weighted by Gasteiger charge is 2.40. The highest BCUT2D eigenvalue weighted by molar-refractivity contribution is 6.12. The van der Waals surface area contributed by atoms with E-state index < -0.39 is 0 Å². The SMILES string of the molecule is Cc1cc(C)c2c(oc3ncc4c(c32)C(C)(C)CCC4(C)C)c1-c1cccc[n+]1C. The van der Waals surface area contributed by atoms with Gasteiger partial charge in [0.05, 0.1) is 10.9 Å². The fourth-order valence-corrected chi connectivity index (χ4v) is 5.47. The summed E-state index contributed by atoms with van der Waals surface area (Å²) in [4.78, 5) is 4.85. The first kappa shape index (κ1) is 19.3. The quantitative estimate of drug-likeness (QED) is 0.345. The summed E-state index contributed by atoms with van der Waals surface area (Å²) in [5.74, 6) is 0. The maximum atomic E-state index is 6.56. The van der Waals surface area contributed by atoms with E-state index >= 15 is 0 Å². The van der Waals surface area contributed by atoms with Gasteiger partial charge in [0.1, 0.15) is 7.05 Å². The molecule has 0 saturated heterocycles. The Morgan fingerprint density at radius 3 is 2.43 bits per heavy atom. The molecule has 4 aromatic rings. The molecular weight excluding hydrogens is 368 g/mol. The predicted molar refractivity (Wildman–Crippen MR) is 123 cm³/mol. The second-order valence-electron chi connectivity index (χ2n) is 10.4. The van der Waals surface area contributed by atoms with Crippen LogP contribution in [-0.4, -0.2) is 4.98 Å². The molecule has 0 saturated carbocycles. The molecule has 5 rings (SSSR count). The van der Waals surface area contributed by atoms with Gasteiger partial charge in [0.15, 0.2) is 11.8 Å². The fourth-order valence-electron chi connectivity index (χ4n) is 5.47. The molecule has 0 fully saturated rings. The first-order chi connectivity index (χ1) is 14.1. The minimum atomic E-state index is 0.0950. The normalized spacial score (nSPS) is 17.4. The summed E-state index contributed by atoms with van der Waals surface area (Å²) in [5.41, 5.74) is 9.57. The fraction of sp³-hybridized carbons (Fsp3) is 0.407. The molecule has 3 heteroatoms. The molecule has 30 heavy (non-hydrogen) atoms. The molecule has 0 aliphatic heterocycles. The summed E-state index contributed by atoms with van der Waals surface area (Å²) < 4.78 is 8.72. The van der Waals surface area contributed by atoms with E-state index in [-0.39, 0.29) is 10.8 Å². The molecule has 0 spiro atoms. The molecule has 0 N–H and O–H groups in total. The average Bonchev–Trinajstić information content (AvgIpc) is 3.06. The highest BCUT2D eigenvalue weighted by Crippen LogP contribution is 2.51. The highest BCUT2D eigenvalue weighted by atomic mass is 16.3. The van der Waals surface area contributed by atoms with E-state index in [0.717, 1.165) is 17.0 Å². The van der Waals surface area contributed by atoms with Gasteiger partial charge in [-0.1, -0.05) is 33.8 Å². The van der Waals surface area contributed by atoms with Gasteiger partial charge in [0.25, 0.3) is 0 Å². The van der Waals surface area contributed by atoms with Crippen LogP contribution in [0.5, 0.6) is 0 Å². The lowest BCUT2D eigenvalue weighted by Gasteiger charge is -2.41. The summed E-state index contributed by atoms with van der Waals surface area (Å²) >= 11 is 0. The van der Waals surface area contributed by atoms with Crippen LogP contribution in [0.4, 0.5) is 0 Å². The topological polar surface area (TPSA) is 29.9 Å². The van der Waals surface area contributed by atoms with E-state index in [9.17, 15) is 0 Å². The van der Waals surface area contributed by atoms with Crippen LogP contribution in [-0.2, 0) is 17.9 Å². The van der Waals surface area contributed by atoms with Gasteiger partial charge in [-0.2, -0.15) is 0 Å². The molecule has 3 nitrogen and oxygen atoms in total. The minimum absolute atomic E-state index is 0.0950. The lowest BCUT2D eigenvalue weighted by molar-refractivity contribution is -0.660. The molecule has 3 heterocycles. The number of nitrogens with zero attached hydrogens (tertiary/aromatic N) is 2. The molecule has 1 aliphatic rings. The van der Waals surface area contributed by atoms with Crippen LogP contribution in [0.1, 0.15) is 62.8 Å². The second-order valence-corrected chi connectivity index (χ2v) is 10.4. The van der Waals surface area contributed by atoms with Crippen LogP contribution in [0.25, 0.3) is 33.3 Å². The van der Waals surface area contributed by atoms with Gasteiger partial charge in [0.2, 0.25) is 11.4 Å². The Labute approximate surface area is 178 Å². The Kier molecular flexibility index (Phi) is 3.96. The molecule has 0 bridgehead atoms. The van der Waals surface area contributed by atoms with Gasteiger partial charge in [-0.25, -0.2) is 9.55 Å². The number of furan rings is 1. The average molecular weight is 400 g/mol. The maximum absolute atomic E-state index is 6.56. The molecule has 0 atom stereocenters. The summed E-state index contributed by atoms with van der Waals surface area (Å²) in [6, 6.07) is 8.63. The van der Waals surface area contributed by atoms with Crippen LogP contribution in [0, 0.1) is 13.8 Å². The van der Waals surface area contributed by atoms with Crippen molar-refractivity contribution in [1.29, 1.82) is 0 Å². The molecular formula is C27H31N2O+. The van der Waals surface area contributed by atoms with Crippen molar-refractivity contribution in [2.75, 3.05) is 0 Å². The number of fused-ring (bicyclic) bond motifs is 5. The Morgan fingerprint density at radius 2 is 1.70 bits per heavy atom. The van der Waals surface area contributed by atoms with Gasteiger partial charge in [-0.3, -0.25) is 0 Å². The van der Waals surface area contributed by atoms with Gasteiger partial charge < -0.3 is 4.42 Å². The van der Waals surface area contributed by atoms with Crippen LogP contribution < -0.4 is 4.57 Å². The van der Waals surface area contributed by atoms with Crippen molar-refractivity contribution in [2.24, 2.45) is 7.05 Å². The number of rotatable bonds is 1. The van der Waals surface area contributed by atoms with Crippen molar-refractivity contribution >= 4 is 22.1 Å². The van der Waals surface area contributed by atoms with Gasteiger partial charge >= 0.3 is 0 Å². The summed E-state index contributed by atoms with van der Waals surface area (Å²) in [6.45, 7) is 13.8. The number of hydrogen-bond donors (Lipinski definition) is 0. The molecule has 0 unspecified atom stereocenters. The number of hydrogen-bond acceptors (Lipinski definition) is 2. The first-order valence-electron chi connectivity index (χ1n) is 10.9. The largest absolute Gasteiger partial charge is 0.437 e. The van der Waals surface area contributed by atoms with Crippen molar-refractivity contribution in [1.82, 2.24) is 4.98 Å². The molecule has 1 aromatic carbocycles. The van der Waals surface area contributed by atoms with E-state index in [1.54, 1.807) is 0 Å². The van der Waals surface area contributed by atoms with Crippen molar-refractivity contribution in [2.45, 2.75) is 65.2 Å². The standard InChI is InChI=1S/C27H31N2O/c1-16-14-17(2)21-22-23-18(26(3,4)11-12-27(23,5)6)15-28-25(22)30-24(21)20(16)19-10-8-9-13-29(19)7/h8-10,13-15H,11-12H2,1-7H3/q+1. The summed E-state index contributed by atoms with van der Waals surface area (Å²) in [7, 11) is 2.09. The van der Waals surface area contributed by atoms with E-state index in [2.05, 4.69) is 89.8 Å². The zero-order valence-corrected chi connectivity index (χ0v) is 19.2. The van der Waals surface area contributed by atoms with Gasteiger partial charge in [0, 0.05) is 23.7 Å². The number of aryl methyl sites for hydroxylation is 3. The van der Waals surface area contributed by atoms with E-state index in [1.165, 1.54) is 51.4 Å². The van der Waals surface area contributed by atoms with Gasteiger partial charge in [-0.05, 0) is 65.8 Å². The lowest BCUT2D eigenvalue weighted by Crippen LogP contribution is -2.34. The zero-order valence-electron chi connectivity index (χ0n) is 19.2. The lowest BCUT2D eigenvalue weighted by atomic mass is 9.63. The van der Waals surface area contributed by atoms with Crippen LogP contribution in [0.3, 0.4) is 0 Å². The Hall–Kier alpha value is -2.68. The van der Waals surface area contributed by atoms with E-state index in [0.29, 0.717) is 0 Å². The molecule has 154 valence electrons. The Morgan fingerprint density at radius 1 is 0.967 bits per heavy atom. The molecule has 0 amide bonds. The minimum Gasteiger partial charge on any atom is -0.437 e. The summed E-state index contributed by atoms with van der Waals surface area (Å²) in [6.07, 6.45) is 6.52. The number of pyridine rings is 2. The Bertz CT molecular complexity index is 1320. The van der Waals surface area contributed by atoms with Crippen molar-refractivity contribution < 1.29 is 8.98 Å². The predicted octanol–water partition coefficient (Wildman–Crippen LogP) is 6.44. The number of aromatic nitrogens is 2. The second kappa shape index (κ2) is 6.16. The first-order valence-corrected chi connectivity index (χ1v) is 10.9. The van der Waals surface area contributed by atoms with E-state index in [4.69, 9.17) is 9.40 Å². The third-order valence-electron chi connectivity index (χ3n) is 7.26. The molecule has 0 radical (unpaired) electrons. The molecule has 3 aromatic heterocycles. The third-order valence-corrected chi connectivity index (χ3v) is 7.26. The zero-order chi connectivity index (χ0) is 21.4. The molecule has 1 aliphatic carbocycles. The van der Waals surface area contributed by atoms with Crippen LogP contribution in [0.2, 0.25) is 0 Å². The van der Waals surface area contributed by atoms with Crippen LogP contribution in [0.15, 0.2) is 41.1 Å². The maximum Gasteiger partial charge on any atom is 0.227 e. The van der Waals surface area contributed by atoms with Gasteiger partial charge in [-0.15, -0.1) is 0 Å². The Balaban J connectivity index is 1.99. The monoisotopic (exact) mass is 399 g/mol. The third kappa shape index (κ3) is 2.57. The van der Waals surface area contributed by atoms with E-state index in [1.807, 2.05) is 0 Å². The van der Waals surface area contributed by atoms with Crippen molar-refractivity contribution in [3.8, 4) is 11.3 Å². The smallest absolute Gasteiger partial charge is 0.227 e. The van der Waals surface area contributed by atoms with Crippen LogP contribution >= 0.6 is 0 Å². The van der Waals surface area contributed by atoms with Crippen molar-refractivity contribution in [3.05, 3.63) is 58.9 Å². The van der Waals surface area contributed by atoms with Crippen molar-refractivity contribution in [3.63, 3.8) is 0 Å².